The van der Waals surface area contributed by atoms with E-state index in [1.54, 1.807) is 13.0 Å². The van der Waals surface area contributed by atoms with Crippen molar-refractivity contribution in [1.29, 1.82) is 0 Å². The highest BCUT2D eigenvalue weighted by molar-refractivity contribution is 5.09. The highest BCUT2D eigenvalue weighted by Crippen LogP contribution is 1.86. The molecule has 0 saturated carbocycles. The lowest BCUT2D eigenvalue weighted by Gasteiger charge is -1.74. The van der Waals surface area contributed by atoms with Gasteiger partial charge >= 0.3 is 0 Å². The molecule has 0 N–H and O–H groups in total. The van der Waals surface area contributed by atoms with E-state index in [2.05, 4.69) is 11.8 Å². The molecule has 38 valence electrons. The van der Waals surface area contributed by atoms with Crippen molar-refractivity contribution in [2.45, 2.75) is 6.92 Å². The average molecular weight is 97.1 g/mol. The van der Waals surface area contributed by atoms with Gasteiger partial charge in [-0.3, -0.25) is 0 Å². The Morgan fingerprint density at radius 2 is 2.43 bits per heavy atom. The largest absolute Gasteiger partial charge is 0.145 e. The third-order valence-corrected chi connectivity index (χ3v) is 0.420. The second-order valence-electron chi connectivity index (χ2n) is 1.27. The number of allylic oxidation sites excluding steroid dienone is 2. The molecule has 0 aliphatic carbocycles. The van der Waals surface area contributed by atoms with E-state index in [9.17, 15) is 4.91 Å². The Bertz CT molecular complexity index is 105. The van der Waals surface area contributed by atoms with Crippen molar-refractivity contribution < 1.29 is 0 Å². The maximum atomic E-state index is 9.33. The molecule has 7 heavy (non-hydrogen) atoms. The normalized spacial score (nSPS) is 9.29. The fourth-order valence-electron chi connectivity index (χ4n) is 0.158. The van der Waals surface area contributed by atoms with Crippen LogP contribution in [0.25, 0.3) is 0 Å². The summed E-state index contributed by atoms with van der Waals surface area (Å²) in [5.74, 6) is 0. The van der Waals surface area contributed by atoms with E-state index in [4.69, 9.17) is 0 Å². The Morgan fingerprint density at radius 3 is 2.57 bits per heavy atom. The fourth-order valence-corrected chi connectivity index (χ4v) is 0.158. The van der Waals surface area contributed by atoms with Gasteiger partial charge in [-0.25, -0.2) is 0 Å². The van der Waals surface area contributed by atoms with E-state index in [1.165, 1.54) is 6.20 Å². The molecule has 0 saturated heterocycles. The van der Waals surface area contributed by atoms with Gasteiger partial charge in [0.2, 0.25) is 0 Å². The summed E-state index contributed by atoms with van der Waals surface area (Å²) < 4.78 is 0. The first-order valence-corrected chi connectivity index (χ1v) is 1.92. The van der Waals surface area contributed by atoms with Crippen LogP contribution in [-0.4, -0.2) is 0 Å². The summed E-state index contributed by atoms with van der Waals surface area (Å²) >= 11 is 0. The molecule has 0 radical (unpaired) electrons. The molecule has 0 heterocycles. The van der Waals surface area contributed by atoms with E-state index in [1.807, 2.05) is 0 Å². The zero-order valence-electron chi connectivity index (χ0n) is 4.22. The highest BCUT2D eigenvalue weighted by Gasteiger charge is 1.68. The molecule has 0 aliphatic heterocycles. The van der Waals surface area contributed by atoms with Crippen LogP contribution >= 0.6 is 0 Å². The highest BCUT2D eigenvalue weighted by atomic mass is 16.2. The second kappa shape index (κ2) is 3.28. The summed E-state index contributed by atoms with van der Waals surface area (Å²) in [4.78, 5) is 9.33. The Hall–Kier alpha value is -0.920. The molecule has 0 amide bonds. The van der Waals surface area contributed by atoms with Gasteiger partial charge in [0.1, 0.15) is 0 Å². The van der Waals surface area contributed by atoms with Gasteiger partial charge in [0.15, 0.2) is 0 Å². The Balaban J connectivity index is 3.46. The quantitative estimate of drug-likeness (QED) is 0.382. The van der Waals surface area contributed by atoms with E-state index in [0.717, 1.165) is 5.57 Å². The second-order valence-corrected chi connectivity index (χ2v) is 1.27. The van der Waals surface area contributed by atoms with Gasteiger partial charge in [-0.05, 0) is 18.2 Å². The van der Waals surface area contributed by atoms with Crippen LogP contribution in [0.2, 0.25) is 0 Å². The van der Waals surface area contributed by atoms with Crippen LogP contribution < -0.4 is 0 Å². The lowest BCUT2D eigenvalue weighted by atomic mass is 10.3. The first-order chi connectivity index (χ1) is 3.27. The standard InChI is InChI=1S/C5H7NO/c1-5(2)3-4-6-7/h3-4H,1H2,2H3. The summed E-state index contributed by atoms with van der Waals surface area (Å²) in [6, 6.07) is 0. The Labute approximate surface area is 42.5 Å². The van der Waals surface area contributed by atoms with Crippen molar-refractivity contribution in [2.24, 2.45) is 5.18 Å². The third-order valence-electron chi connectivity index (χ3n) is 0.420. The van der Waals surface area contributed by atoms with Gasteiger partial charge in [0.25, 0.3) is 0 Å². The third kappa shape index (κ3) is 5.08. The first kappa shape index (κ1) is 6.08. The molecular weight excluding hydrogens is 90.1 g/mol. The number of hydrogen-bond acceptors (Lipinski definition) is 2. The maximum absolute atomic E-state index is 9.33. The summed E-state index contributed by atoms with van der Waals surface area (Å²) in [5, 5.41) is 2.48. The van der Waals surface area contributed by atoms with E-state index in [0.29, 0.717) is 0 Å². The molecule has 0 aromatic carbocycles. The zero-order valence-corrected chi connectivity index (χ0v) is 4.22. The lowest BCUT2D eigenvalue weighted by Crippen LogP contribution is -1.55. The summed E-state index contributed by atoms with van der Waals surface area (Å²) in [6.07, 6.45) is 2.72. The minimum absolute atomic E-state index is 0.833. The maximum Gasteiger partial charge on any atom is 0.0717 e. The van der Waals surface area contributed by atoms with Crippen molar-refractivity contribution in [3.8, 4) is 0 Å². The molecule has 0 bridgehead atoms. The Kier molecular flexibility index (Phi) is 2.85. The molecule has 0 aliphatic rings. The fraction of sp³-hybridized carbons (Fsp3) is 0.200. The van der Waals surface area contributed by atoms with E-state index < -0.39 is 0 Å². The monoisotopic (exact) mass is 97.1 g/mol. The van der Waals surface area contributed by atoms with Crippen molar-refractivity contribution in [3.63, 3.8) is 0 Å². The lowest BCUT2D eigenvalue weighted by molar-refractivity contribution is 1.47. The zero-order chi connectivity index (χ0) is 5.70. The molecule has 2 nitrogen and oxygen atoms in total. The summed E-state index contributed by atoms with van der Waals surface area (Å²) in [5.41, 5.74) is 0.833. The molecule has 0 atom stereocenters. The molecule has 0 rings (SSSR count). The Morgan fingerprint density at radius 1 is 1.86 bits per heavy atom. The van der Waals surface area contributed by atoms with Crippen LogP contribution in [0, 0.1) is 4.91 Å². The molecule has 0 fully saturated rings. The van der Waals surface area contributed by atoms with Crippen LogP contribution in [0.5, 0.6) is 0 Å². The van der Waals surface area contributed by atoms with Crippen molar-refractivity contribution in [2.75, 3.05) is 0 Å². The van der Waals surface area contributed by atoms with E-state index >= 15 is 0 Å². The van der Waals surface area contributed by atoms with Crippen LogP contribution in [0.4, 0.5) is 0 Å². The van der Waals surface area contributed by atoms with Gasteiger partial charge in [0, 0.05) is 0 Å². The predicted octanol–water partition coefficient (Wildman–Crippen LogP) is 1.84. The minimum Gasteiger partial charge on any atom is -0.145 e. The van der Waals surface area contributed by atoms with Gasteiger partial charge < -0.3 is 0 Å². The van der Waals surface area contributed by atoms with Gasteiger partial charge in [-0.15, -0.1) is 4.91 Å². The van der Waals surface area contributed by atoms with Crippen LogP contribution in [0.15, 0.2) is 29.6 Å². The molecule has 0 aromatic heterocycles. The van der Waals surface area contributed by atoms with Gasteiger partial charge in [-0.1, -0.05) is 12.2 Å². The summed E-state index contributed by atoms with van der Waals surface area (Å²) in [6.45, 7) is 5.30. The van der Waals surface area contributed by atoms with Crippen molar-refractivity contribution in [1.82, 2.24) is 0 Å². The molecule has 0 spiro atoms. The van der Waals surface area contributed by atoms with Gasteiger partial charge in [0.05, 0.1) is 6.20 Å². The smallest absolute Gasteiger partial charge is 0.0717 e. The van der Waals surface area contributed by atoms with Crippen molar-refractivity contribution in [3.05, 3.63) is 29.3 Å². The minimum atomic E-state index is 0.833. The van der Waals surface area contributed by atoms with Crippen LogP contribution in [0.3, 0.4) is 0 Å². The number of rotatable bonds is 2. The molecule has 0 unspecified atom stereocenters. The topological polar surface area (TPSA) is 29.4 Å². The number of nitrogens with zero attached hydrogens (tertiary/aromatic N) is 1. The molecular formula is C5H7NO. The molecule has 2 heteroatoms. The SMILES string of the molecule is C=C(C)C=CN=O. The number of nitroso groups, excluding NO2 is 1. The number of hydrogen-bond donors (Lipinski definition) is 0. The van der Waals surface area contributed by atoms with Crippen LogP contribution in [-0.2, 0) is 0 Å². The predicted molar refractivity (Wildman–Crippen MR) is 29.7 cm³/mol. The van der Waals surface area contributed by atoms with Crippen LogP contribution in [0.1, 0.15) is 6.92 Å². The van der Waals surface area contributed by atoms with E-state index in [-0.39, 0.29) is 0 Å². The first-order valence-electron chi connectivity index (χ1n) is 1.92. The van der Waals surface area contributed by atoms with Gasteiger partial charge in [-0.2, -0.15) is 0 Å². The summed E-state index contributed by atoms with van der Waals surface area (Å²) in [7, 11) is 0. The average Bonchev–Trinajstić information content (AvgIpc) is 1.61. The van der Waals surface area contributed by atoms with Crippen molar-refractivity contribution >= 4 is 0 Å². The molecule has 0 aromatic rings.